The van der Waals surface area contributed by atoms with Crippen molar-refractivity contribution in [3.63, 3.8) is 0 Å². The van der Waals surface area contributed by atoms with Crippen LogP contribution in [-0.4, -0.2) is 48.7 Å². The first-order valence-electron chi connectivity index (χ1n) is 8.85. The van der Waals surface area contributed by atoms with Crippen molar-refractivity contribution < 1.29 is 24.2 Å². The molecule has 2 aliphatic rings. The number of ether oxygens (including phenoxy) is 2. The summed E-state index contributed by atoms with van der Waals surface area (Å²) >= 11 is 0. The van der Waals surface area contributed by atoms with Crippen LogP contribution < -0.4 is 4.74 Å². The number of hydrogen-bond donors (Lipinski definition) is 1. The summed E-state index contributed by atoms with van der Waals surface area (Å²) in [6.07, 6.45) is 2.36. The molecule has 3 rings (SSSR count). The Bertz CT molecular complexity index is 624. The lowest BCUT2D eigenvalue weighted by atomic mass is 9.81. The highest BCUT2D eigenvalue weighted by molar-refractivity contribution is 5.79. The van der Waals surface area contributed by atoms with Gasteiger partial charge in [0, 0.05) is 12.5 Å². The van der Waals surface area contributed by atoms with E-state index in [1.54, 1.807) is 7.11 Å². The summed E-state index contributed by atoms with van der Waals surface area (Å²) < 4.78 is 11.1. The Balaban J connectivity index is 1.61. The predicted molar refractivity (Wildman–Crippen MR) is 91.4 cm³/mol. The number of carbonyl (C=O) groups excluding carboxylic acids is 1. The number of morpholine rings is 1. The minimum absolute atomic E-state index is 0.0559. The van der Waals surface area contributed by atoms with Gasteiger partial charge in [0.1, 0.15) is 11.9 Å². The lowest BCUT2D eigenvalue weighted by Crippen LogP contribution is -2.45. The number of rotatable bonds is 4. The van der Waals surface area contributed by atoms with E-state index in [4.69, 9.17) is 14.6 Å². The Morgan fingerprint density at radius 3 is 2.60 bits per heavy atom. The smallest absolute Gasteiger partial charge is 0.306 e. The maximum atomic E-state index is 12.8. The zero-order valence-corrected chi connectivity index (χ0v) is 14.5. The molecule has 1 heterocycles. The van der Waals surface area contributed by atoms with Gasteiger partial charge in [0.05, 0.1) is 26.2 Å². The van der Waals surface area contributed by atoms with E-state index in [0.29, 0.717) is 45.4 Å². The van der Waals surface area contributed by atoms with Gasteiger partial charge < -0.3 is 19.5 Å². The molecule has 1 unspecified atom stereocenters. The molecule has 1 aliphatic heterocycles. The SMILES string of the molecule is COc1cccc(C2CN(C(=O)C3CCC(C(=O)O)CC3)CCO2)c1. The van der Waals surface area contributed by atoms with Gasteiger partial charge in [0.15, 0.2) is 0 Å². The molecule has 1 atom stereocenters. The fraction of sp³-hybridized carbons (Fsp3) is 0.579. The quantitative estimate of drug-likeness (QED) is 0.905. The second-order valence-electron chi connectivity index (χ2n) is 6.81. The van der Waals surface area contributed by atoms with E-state index in [-0.39, 0.29) is 23.8 Å². The van der Waals surface area contributed by atoms with Gasteiger partial charge in [0.25, 0.3) is 0 Å². The van der Waals surface area contributed by atoms with Crippen LogP contribution in [0.15, 0.2) is 24.3 Å². The molecule has 1 amide bonds. The standard InChI is InChI=1S/C19H25NO5/c1-24-16-4-2-3-15(11-16)17-12-20(9-10-25-17)18(21)13-5-7-14(8-6-13)19(22)23/h2-4,11,13-14,17H,5-10,12H2,1H3,(H,22,23). The van der Waals surface area contributed by atoms with Crippen molar-refractivity contribution in [3.8, 4) is 5.75 Å². The Labute approximate surface area is 147 Å². The number of amides is 1. The minimum Gasteiger partial charge on any atom is -0.497 e. The third-order valence-corrected chi connectivity index (χ3v) is 5.27. The molecule has 1 aromatic rings. The minimum atomic E-state index is -0.740. The number of carboxylic acids is 1. The van der Waals surface area contributed by atoms with Gasteiger partial charge in [-0.1, -0.05) is 12.1 Å². The second-order valence-corrected chi connectivity index (χ2v) is 6.81. The second kappa shape index (κ2) is 7.87. The van der Waals surface area contributed by atoms with E-state index < -0.39 is 5.97 Å². The summed E-state index contributed by atoms with van der Waals surface area (Å²) in [4.78, 5) is 25.8. The van der Waals surface area contributed by atoms with Crippen molar-refractivity contribution in [2.75, 3.05) is 26.8 Å². The van der Waals surface area contributed by atoms with Crippen LogP contribution in [0, 0.1) is 11.8 Å². The normalized spacial score (nSPS) is 26.9. The van der Waals surface area contributed by atoms with Crippen molar-refractivity contribution in [2.24, 2.45) is 11.8 Å². The molecule has 0 spiro atoms. The number of carbonyl (C=O) groups is 2. The van der Waals surface area contributed by atoms with E-state index in [2.05, 4.69) is 0 Å². The predicted octanol–water partition coefficient (Wildman–Crippen LogP) is 2.49. The van der Waals surface area contributed by atoms with Crippen molar-refractivity contribution in [2.45, 2.75) is 31.8 Å². The lowest BCUT2D eigenvalue weighted by molar-refractivity contribution is -0.148. The number of aliphatic carboxylic acids is 1. The van der Waals surface area contributed by atoms with Crippen molar-refractivity contribution in [1.82, 2.24) is 4.90 Å². The Kier molecular flexibility index (Phi) is 5.58. The Hall–Kier alpha value is -2.08. The summed E-state index contributed by atoms with van der Waals surface area (Å²) in [6.45, 7) is 1.64. The van der Waals surface area contributed by atoms with Crippen LogP contribution >= 0.6 is 0 Å². The molecule has 0 bridgehead atoms. The maximum Gasteiger partial charge on any atom is 0.306 e. The van der Waals surface area contributed by atoms with E-state index in [1.165, 1.54) is 0 Å². The van der Waals surface area contributed by atoms with Gasteiger partial charge in [-0.2, -0.15) is 0 Å². The number of benzene rings is 1. The summed E-state index contributed by atoms with van der Waals surface area (Å²) in [5.74, 6) is -0.176. The van der Waals surface area contributed by atoms with E-state index >= 15 is 0 Å². The molecule has 6 nitrogen and oxygen atoms in total. The van der Waals surface area contributed by atoms with Crippen LogP contribution in [0.25, 0.3) is 0 Å². The summed E-state index contributed by atoms with van der Waals surface area (Å²) in [5, 5.41) is 9.09. The molecule has 1 aromatic carbocycles. The molecule has 2 fully saturated rings. The van der Waals surface area contributed by atoms with Crippen LogP contribution in [0.5, 0.6) is 5.75 Å². The highest BCUT2D eigenvalue weighted by Crippen LogP contribution is 2.32. The van der Waals surface area contributed by atoms with Gasteiger partial charge in [-0.15, -0.1) is 0 Å². The van der Waals surface area contributed by atoms with E-state index in [1.807, 2.05) is 29.2 Å². The van der Waals surface area contributed by atoms with Crippen LogP contribution in [0.3, 0.4) is 0 Å². The highest BCUT2D eigenvalue weighted by atomic mass is 16.5. The zero-order valence-electron chi connectivity index (χ0n) is 14.5. The lowest BCUT2D eigenvalue weighted by Gasteiger charge is -2.36. The first-order chi connectivity index (χ1) is 12.1. The number of carboxylic acid groups (broad SMARTS) is 1. The van der Waals surface area contributed by atoms with Gasteiger partial charge in [-0.3, -0.25) is 9.59 Å². The molecule has 1 saturated heterocycles. The average molecular weight is 347 g/mol. The maximum absolute atomic E-state index is 12.8. The molecule has 0 radical (unpaired) electrons. The fourth-order valence-electron chi connectivity index (χ4n) is 3.74. The Morgan fingerprint density at radius 1 is 1.20 bits per heavy atom. The molecule has 6 heteroatoms. The first-order valence-corrected chi connectivity index (χ1v) is 8.85. The van der Waals surface area contributed by atoms with E-state index in [9.17, 15) is 9.59 Å². The largest absolute Gasteiger partial charge is 0.497 e. The summed E-state index contributed by atoms with van der Waals surface area (Å²) in [5.41, 5.74) is 1.01. The number of nitrogens with zero attached hydrogens (tertiary/aromatic N) is 1. The average Bonchev–Trinajstić information content (AvgIpc) is 2.67. The van der Waals surface area contributed by atoms with Gasteiger partial charge in [0.2, 0.25) is 5.91 Å². The third kappa shape index (κ3) is 4.12. The van der Waals surface area contributed by atoms with Gasteiger partial charge in [-0.25, -0.2) is 0 Å². The molecule has 136 valence electrons. The molecule has 1 saturated carbocycles. The fourth-order valence-corrected chi connectivity index (χ4v) is 3.74. The van der Waals surface area contributed by atoms with Crippen molar-refractivity contribution in [3.05, 3.63) is 29.8 Å². The van der Waals surface area contributed by atoms with Gasteiger partial charge in [-0.05, 0) is 43.4 Å². The van der Waals surface area contributed by atoms with E-state index in [0.717, 1.165) is 11.3 Å². The third-order valence-electron chi connectivity index (χ3n) is 5.27. The molecular weight excluding hydrogens is 322 g/mol. The van der Waals surface area contributed by atoms with Crippen LogP contribution in [0.2, 0.25) is 0 Å². The number of hydrogen-bond acceptors (Lipinski definition) is 4. The molecule has 1 aliphatic carbocycles. The molecule has 25 heavy (non-hydrogen) atoms. The van der Waals surface area contributed by atoms with Crippen molar-refractivity contribution >= 4 is 11.9 Å². The topological polar surface area (TPSA) is 76.1 Å². The molecule has 1 N–H and O–H groups in total. The molecule has 0 aromatic heterocycles. The van der Waals surface area contributed by atoms with Gasteiger partial charge >= 0.3 is 5.97 Å². The highest BCUT2D eigenvalue weighted by Gasteiger charge is 2.34. The van der Waals surface area contributed by atoms with Crippen LogP contribution in [-0.2, 0) is 14.3 Å². The summed E-state index contributed by atoms with van der Waals surface area (Å²) in [7, 11) is 1.63. The van der Waals surface area contributed by atoms with Crippen LogP contribution in [0.4, 0.5) is 0 Å². The summed E-state index contributed by atoms with van der Waals surface area (Å²) in [6, 6.07) is 7.73. The van der Waals surface area contributed by atoms with Crippen molar-refractivity contribution in [1.29, 1.82) is 0 Å². The first kappa shape index (κ1) is 17.7. The van der Waals surface area contributed by atoms with Crippen LogP contribution in [0.1, 0.15) is 37.4 Å². The monoisotopic (exact) mass is 347 g/mol. The Morgan fingerprint density at radius 2 is 1.92 bits per heavy atom. The zero-order chi connectivity index (χ0) is 17.8. The number of methoxy groups -OCH3 is 1. The molecular formula is C19H25NO5.